The van der Waals surface area contributed by atoms with E-state index in [1.165, 1.54) is 25.4 Å². The molecule has 187 valence electrons. The fourth-order valence-electron chi connectivity index (χ4n) is 5.62. The normalized spacial score (nSPS) is 30.9. The van der Waals surface area contributed by atoms with E-state index < -0.39 is 75.1 Å². The molecular weight excluding hydrogens is 456 g/mol. The number of aliphatic hydroxyl groups excluding tert-OH is 3. The molecular formula is C25H29N2O8. The van der Waals surface area contributed by atoms with Gasteiger partial charge in [0, 0.05) is 23.5 Å². The molecule has 0 saturated heterocycles. The number of aliphatic hydroxyl groups is 4. The molecule has 1 saturated carbocycles. The first-order chi connectivity index (χ1) is 16.1. The summed E-state index contributed by atoms with van der Waals surface area (Å²) in [6.45, 7) is 5.56. The Bertz CT molecular complexity index is 1240. The molecule has 0 bridgehead atoms. The summed E-state index contributed by atoms with van der Waals surface area (Å²) < 4.78 is 0. The van der Waals surface area contributed by atoms with Gasteiger partial charge < -0.3 is 31.3 Å². The van der Waals surface area contributed by atoms with Crippen LogP contribution in [0, 0.1) is 18.3 Å². The molecule has 0 unspecified atom stereocenters. The maximum atomic E-state index is 13.8. The second kappa shape index (κ2) is 7.64. The van der Waals surface area contributed by atoms with Crippen molar-refractivity contribution in [3.8, 4) is 5.75 Å². The van der Waals surface area contributed by atoms with E-state index >= 15 is 0 Å². The minimum absolute atomic E-state index is 0.0547. The highest BCUT2D eigenvalue weighted by atomic mass is 16.4. The summed E-state index contributed by atoms with van der Waals surface area (Å²) in [6, 6.07) is 1.93. The van der Waals surface area contributed by atoms with Crippen LogP contribution in [0.2, 0.25) is 0 Å². The maximum Gasteiger partial charge on any atom is 0.255 e. The Hall–Kier alpha value is -3.21. The van der Waals surface area contributed by atoms with E-state index in [0.29, 0.717) is 11.1 Å². The molecule has 1 aromatic carbocycles. The number of amides is 1. The lowest BCUT2D eigenvalue weighted by molar-refractivity contribution is -0.167. The van der Waals surface area contributed by atoms with Gasteiger partial charge in [-0.05, 0) is 25.1 Å². The molecule has 0 spiro atoms. The van der Waals surface area contributed by atoms with Crippen LogP contribution in [0.5, 0.6) is 5.75 Å². The molecule has 3 aliphatic rings. The molecule has 1 radical (unpaired) electrons. The minimum Gasteiger partial charge on any atom is -0.508 e. The van der Waals surface area contributed by atoms with E-state index in [-0.39, 0.29) is 11.3 Å². The summed E-state index contributed by atoms with van der Waals surface area (Å²) in [5.74, 6) is -8.44. The number of likely N-dealkylation sites (N-methyl/N-ethyl adjacent to an activating group) is 1. The fourth-order valence-corrected chi connectivity index (χ4v) is 5.62. The van der Waals surface area contributed by atoms with Gasteiger partial charge in [0.1, 0.15) is 22.8 Å². The molecule has 4 rings (SSSR count). The van der Waals surface area contributed by atoms with Gasteiger partial charge in [0.05, 0.1) is 23.6 Å². The SMILES string of the molecule is CN(C)[C@H]1C(=O)C(C(N)=O)=C(O)[C@]2(O)C(=O)C3=C(O)c4c(ccc(C(C)(C)C)c4O)[CH][C@@H]3[C@@H](O)[C@H]12. The molecule has 0 aromatic heterocycles. The van der Waals surface area contributed by atoms with Crippen LogP contribution in [0.1, 0.15) is 37.5 Å². The van der Waals surface area contributed by atoms with E-state index in [2.05, 4.69) is 0 Å². The van der Waals surface area contributed by atoms with Gasteiger partial charge in [-0.15, -0.1) is 0 Å². The monoisotopic (exact) mass is 485 g/mol. The van der Waals surface area contributed by atoms with Crippen LogP contribution in [-0.2, 0) is 19.8 Å². The van der Waals surface area contributed by atoms with Gasteiger partial charge in [0.15, 0.2) is 11.4 Å². The van der Waals surface area contributed by atoms with Crippen molar-refractivity contribution in [2.24, 2.45) is 17.6 Å². The largest absolute Gasteiger partial charge is 0.508 e. The number of hydrogen-bond acceptors (Lipinski definition) is 9. The van der Waals surface area contributed by atoms with Gasteiger partial charge in [-0.2, -0.15) is 0 Å². The first-order valence-corrected chi connectivity index (χ1v) is 11.1. The smallest absolute Gasteiger partial charge is 0.255 e. The highest BCUT2D eigenvalue weighted by Crippen LogP contribution is 2.53. The lowest BCUT2D eigenvalue weighted by Gasteiger charge is -2.52. The third kappa shape index (κ3) is 3.17. The molecule has 5 atom stereocenters. The quantitative estimate of drug-likeness (QED) is 0.320. The minimum atomic E-state index is -2.92. The Morgan fingerprint density at radius 3 is 2.23 bits per heavy atom. The highest BCUT2D eigenvalue weighted by Gasteiger charge is 2.67. The van der Waals surface area contributed by atoms with Crippen molar-refractivity contribution in [1.82, 2.24) is 4.90 Å². The number of aromatic hydroxyl groups is 1. The van der Waals surface area contributed by atoms with Crippen LogP contribution < -0.4 is 5.73 Å². The van der Waals surface area contributed by atoms with Crippen molar-refractivity contribution in [2.45, 2.75) is 43.9 Å². The van der Waals surface area contributed by atoms with Crippen molar-refractivity contribution >= 4 is 23.2 Å². The topological polar surface area (TPSA) is 182 Å². The zero-order valence-corrected chi connectivity index (χ0v) is 20.0. The molecule has 3 aliphatic carbocycles. The van der Waals surface area contributed by atoms with Crippen molar-refractivity contribution in [2.75, 3.05) is 14.1 Å². The molecule has 0 heterocycles. The molecule has 10 heteroatoms. The van der Waals surface area contributed by atoms with Crippen LogP contribution >= 0.6 is 0 Å². The average molecular weight is 486 g/mol. The second-order valence-corrected chi connectivity index (χ2v) is 10.6. The van der Waals surface area contributed by atoms with E-state index in [4.69, 9.17) is 5.73 Å². The first kappa shape index (κ1) is 24.9. The number of hydrogen-bond donors (Lipinski definition) is 6. The van der Waals surface area contributed by atoms with Crippen LogP contribution in [0.15, 0.2) is 29.0 Å². The predicted octanol–water partition coefficient (Wildman–Crippen LogP) is 0.242. The number of ketones is 2. The van der Waals surface area contributed by atoms with Gasteiger partial charge in [-0.3, -0.25) is 19.3 Å². The van der Waals surface area contributed by atoms with Crippen LogP contribution in [0.25, 0.3) is 5.76 Å². The zero-order valence-electron chi connectivity index (χ0n) is 20.0. The van der Waals surface area contributed by atoms with E-state index in [9.17, 15) is 39.9 Å². The molecule has 7 N–H and O–H groups in total. The molecule has 1 fully saturated rings. The van der Waals surface area contributed by atoms with Crippen LogP contribution in [0.4, 0.5) is 0 Å². The summed E-state index contributed by atoms with van der Waals surface area (Å²) in [5.41, 5.74) is 1.24. The third-order valence-electron chi connectivity index (χ3n) is 7.27. The van der Waals surface area contributed by atoms with Gasteiger partial charge >= 0.3 is 0 Å². The van der Waals surface area contributed by atoms with Crippen LogP contribution in [0.3, 0.4) is 0 Å². The number of primary amides is 1. The summed E-state index contributed by atoms with van der Waals surface area (Å²) in [7, 11) is 2.91. The van der Waals surface area contributed by atoms with Gasteiger partial charge in [-0.1, -0.05) is 32.9 Å². The Morgan fingerprint density at radius 2 is 1.71 bits per heavy atom. The van der Waals surface area contributed by atoms with Crippen LogP contribution in [-0.4, -0.2) is 79.7 Å². The molecule has 10 nitrogen and oxygen atoms in total. The number of fused-ring (bicyclic) bond motifs is 3. The molecule has 1 aromatic rings. The zero-order chi connectivity index (χ0) is 26.4. The summed E-state index contributed by atoms with van der Waals surface area (Å²) >= 11 is 0. The van der Waals surface area contributed by atoms with Gasteiger partial charge in [0.25, 0.3) is 5.91 Å². The summed E-state index contributed by atoms with van der Waals surface area (Å²) in [4.78, 5) is 40.2. The number of Topliss-reactive ketones (excluding diaryl/α,β-unsaturated/α-hetero) is 2. The summed E-state index contributed by atoms with van der Waals surface area (Å²) in [5, 5.41) is 56.0. The Balaban J connectivity index is 2.02. The van der Waals surface area contributed by atoms with Gasteiger partial charge in [0.2, 0.25) is 5.78 Å². The summed E-state index contributed by atoms with van der Waals surface area (Å²) in [6.07, 6.45) is -0.166. The van der Waals surface area contributed by atoms with E-state index in [0.717, 1.165) is 0 Å². The van der Waals surface area contributed by atoms with E-state index in [1.807, 2.05) is 20.8 Å². The predicted molar refractivity (Wildman–Crippen MR) is 124 cm³/mol. The lowest BCUT2D eigenvalue weighted by Crippen LogP contribution is -2.70. The van der Waals surface area contributed by atoms with E-state index in [1.54, 1.807) is 12.1 Å². The van der Waals surface area contributed by atoms with Crippen molar-refractivity contribution in [3.05, 3.63) is 52.1 Å². The number of carbonyl (C=O) groups excluding carboxylic acids is 3. The maximum absolute atomic E-state index is 13.8. The highest BCUT2D eigenvalue weighted by molar-refractivity contribution is 6.24. The average Bonchev–Trinajstić information content (AvgIpc) is 2.72. The molecule has 0 aliphatic heterocycles. The first-order valence-electron chi connectivity index (χ1n) is 11.1. The van der Waals surface area contributed by atoms with Gasteiger partial charge in [-0.25, -0.2) is 0 Å². The molecule has 1 amide bonds. The third-order valence-corrected chi connectivity index (χ3v) is 7.27. The Labute approximate surface area is 202 Å². The number of benzene rings is 1. The number of nitrogens with two attached hydrogens (primary N) is 1. The standard InChI is InChI=1S/C25H29N2O8/c1-24(2,3)11-7-6-9-8-10-13(19(30)12(9)18(11)29)21(32)25(35)15(17(10)28)16(27(4)5)20(31)14(22(25)33)23(26)34/h6-8,10,15-17,28-30,33,35H,1-5H3,(H2,26,34)/t10-,15-,16+,17+,25+/m0/s1. The lowest BCUT2D eigenvalue weighted by atomic mass is 9.56. The number of phenols is 1. The Kier molecular flexibility index (Phi) is 5.44. The van der Waals surface area contributed by atoms with Crippen molar-refractivity contribution in [1.29, 1.82) is 0 Å². The molecule has 35 heavy (non-hydrogen) atoms. The number of carbonyl (C=O) groups is 3. The Morgan fingerprint density at radius 1 is 1.11 bits per heavy atom. The second-order valence-electron chi connectivity index (χ2n) is 10.6. The fraction of sp³-hybridized carbons (Fsp3) is 0.440. The van der Waals surface area contributed by atoms with Crippen molar-refractivity contribution < 1.29 is 39.9 Å². The number of rotatable bonds is 2. The van der Waals surface area contributed by atoms with Crippen molar-refractivity contribution in [3.63, 3.8) is 0 Å². The number of nitrogens with zero attached hydrogens (tertiary/aromatic N) is 1. The number of phenolic OH excluding ortho intramolecular Hbond substituents is 1.